The number of halogens is 1. The molecule has 0 spiro atoms. The van der Waals surface area contributed by atoms with Crippen LogP contribution in [0.15, 0.2) is 28.7 Å². The van der Waals surface area contributed by atoms with Crippen molar-refractivity contribution in [3.8, 4) is 0 Å². The molecule has 0 radical (unpaired) electrons. The Labute approximate surface area is 94.0 Å². The first-order chi connectivity index (χ1) is 6.77. The molecule has 2 rings (SSSR count). The number of hydrogen-bond donors (Lipinski definition) is 1. The third-order valence-electron chi connectivity index (χ3n) is 2.97. The van der Waals surface area contributed by atoms with Crippen LogP contribution >= 0.6 is 15.9 Å². The van der Waals surface area contributed by atoms with Crippen molar-refractivity contribution < 1.29 is 0 Å². The van der Waals surface area contributed by atoms with Gasteiger partial charge in [0, 0.05) is 10.5 Å². The summed E-state index contributed by atoms with van der Waals surface area (Å²) in [4.78, 5) is 0. The molecule has 76 valence electrons. The summed E-state index contributed by atoms with van der Waals surface area (Å²) >= 11 is 3.63. The zero-order chi connectivity index (χ0) is 9.97. The maximum absolute atomic E-state index is 3.63. The molecule has 1 aliphatic heterocycles. The van der Waals surface area contributed by atoms with Crippen molar-refractivity contribution in [1.82, 2.24) is 5.32 Å². The molecule has 0 amide bonds. The minimum atomic E-state index is 0.654. The second kappa shape index (κ2) is 4.45. The predicted molar refractivity (Wildman–Crippen MR) is 63.6 cm³/mol. The van der Waals surface area contributed by atoms with E-state index in [0.29, 0.717) is 6.04 Å². The fourth-order valence-electron chi connectivity index (χ4n) is 2.22. The van der Waals surface area contributed by atoms with Crippen LogP contribution < -0.4 is 5.32 Å². The van der Waals surface area contributed by atoms with Gasteiger partial charge < -0.3 is 5.32 Å². The van der Waals surface area contributed by atoms with E-state index in [1.807, 2.05) is 0 Å². The monoisotopic (exact) mass is 253 g/mol. The second-order valence-electron chi connectivity index (χ2n) is 4.10. The van der Waals surface area contributed by atoms with Gasteiger partial charge >= 0.3 is 0 Å². The largest absolute Gasteiger partial charge is 0.314 e. The fraction of sp³-hybridized carbons (Fsp3) is 0.500. The highest BCUT2D eigenvalue weighted by molar-refractivity contribution is 9.10. The van der Waals surface area contributed by atoms with Crippen LogP contribution in [0.3, 0.4) is 0 Å². The normalized spacial score (nSPS) is 27.6. The van der Waals surface area contributed by atoms with Gasteiger partial charge in [0.15, 0.2) is 0 Å². The summed E-state index contributed by atoms with van der Waals surface area (Å²) in [6.45, 7) is 3.41. The molecule has 14 heavy (non-hydrogen) atoms. The molecule has 2 unspecified atom stereocenters. The highest BCUT2D eigenvalue weighted by atomic mass is 79.9. The lowest BCUT2D eigenvalue weighted by molar-refractivity contribution is 0.380. The van der Waals surface area contributed by atoms with Crippen LogP contribution in [0.2, 0.25) is 0 Å². The lowest BCUT2D eigenvalue weighted by Crippen LogP contribution is -2.34. The molecular formula is C12H16BrN. The summed E-state index contributed by atoms with van der Waals surface area (Å²) in [5.41, 5.74) is 1.47. The number of rotatable bonds is 1. The number of benzene rings is 1. The third-order valence-corrected chi connectivity index (χ3v) is 3.69. The molecule has 1 nitrogen and oxygen atoms in total. The topological polar surface area (TPSA) is 12.0 Å². The van der Waals surface area contributed by atoms with Crippen molar-refractivity contribution in [2.24, 2.45) is 0 Å². The average Bonchev–Trinajstić information content (AvgIpc) is 2.18. The van der Waals surface area contributed by atoms with Gasteiger partial charge in [-0.2, -0.15) is 0 Å². The molecule has 2 atom stereocenters. The fourth-order valence-corrected chi connectivity index (χ4v) is 2.83. The van der Waals surface area contributed by atoms with Gasteiger partial charge in [-0.25, -0.2) is 0 Å². The van der Waals surface area contributed by atoms with E-state index in [0.717, 1.165) is 12.5 Å². The van der Waals surface area contributed by atoms with Crippen LogP contribution in [0, 0.1) is 0 Å². The summed E-state index contributed by atoms with van der Waals surface area (Å²) in [6, 6.07) is 9.25. The van der Waals surface area contributed by atoms with E-state index < -0.39 is 0 Å². The third kappa shape index (κ3) is 2.18. The Kier molecular flexibility index (Phi) is 3.24. The molecule has 1 fully saturated rings. The van der Waals surface area contributed by atoms with Crippen LogP contribution in [-0.2, 0) is 0 Å². The summed E-state index contributed by atoms with van der Waals surface area (Å²) in [5.74, 6) is 0.724. The van der Waals surface area contributed by atoms with Gasteiger partial charge in [-0.05, 0) is 43.9 Å². The Morgan fingerprint density at radius 1 is 1.36 bits per heavy atom. The first kappa shape index (κ1) is 10.2. The molecule has 1 saturated heterocycles. The van der Waals surface area contributed by atoms with Crippen molar-refractivity contribution in [3.63, 3.8) is 0 Å². The number of nitrogens with one attached hydrogen (secondary N) is 1. The van der Waals surface area contributed by atoms with Crippen LogP contribution in [0.1, 0.15) is 31.2 Å². The van der Waals surface area contributed by atoms with E-state index in [9.17, 15) is 0 Å². The quantitative estimate of drug-likeness (QED) is 0.810. The highest BCUT2D eigenvalue weighted by Crippen LogP contribution is 2.32. The Morgan fingerprint density at radius 2 is 2.14 bits per heavy atom. The summed E-state index contributed by atoms with van der Waals surface area (Å²) in [7, 11) is 0. The van der Waals surface area contributed by atoms with Gasteiger partial charge in [0.2, 0.25) is 0 Å². The first-order valence-corrected chi connectivity index (χ1v) is 6.04. The minimum Gasteiger partial charge on any atom is -0.314 e. The molecular weight excluding hydrogens is 238 g/mol. The SMILES string of the molecule is CC1CC(c2ccccc2Br)CCN1. The van der Waals surface area contributed by atoms with Crippen LogP contribution in [0.25, 0.3) is 0 Å². The van der Waals surface area contributed by atoms with Gasteiger partial charge in [0.25, 0.3) is 0 Å². The Balaban J connectivity index is 2.18. The molecule has 0 aromatic heterocycles. The van der Waals surface area contributed by atoms with Gasteiger partial charge in [-0.1, -0.05) is 34.1 Å². The number of piperidine rings is 1. The zero-order valence-corrected chi connectivity index (χ0v) is 10.0. The lowest BCUT2D eigenvalue weighted by atomic mass is 9.87. The molecule has 0 aliphatic carbocycles. The molecule has 0 bridgehead atoms. The van der Waals surface area contributed by atoms with E-state index >= 15 is 0 Å². The molecule has 2 heteroatoms. The molecule has 1 aromatic carbocycles. The minimum absolute atomic E-state index is 0.654. The van der Waals surface area contributed by atoms with Crippen molar-refractivity contribution in [2.75, 3.05) is 6.54 Å². The predicted octanol–water partition coefficient (Wildman–Crippen LogP) is 3.30. The van der Waals surface area contributed by atoms with Gasteiger partial charge in [0.1, 0.15) is 0 Å². The molecule has 0 saturated carbocycles. The number of hydrogen-bond acceptors (Lipinski definition) is 1. The van der Waals surface area contributed by atoms with Gasteiger partial charge in [0.05, 0.1) is 0 Å². The summed E-state index contributed by atoms with van der Waals surface area (Å²) in [6.07, 6.45) is 2.51. The zero-order valence-electron chi connectivity index (χ0n) is 8.46. The van der Waals surface area contributed by atoms with Crippen LogP contribution in [0.5, 0.6) is 0 Å². The van der Waals surface area contributed by atoms with E-state index in [2.05, 4.69) is 52.4 Å². The lowest BCUT2D eigenvalue weighted by Gasteiger charge is -2.28. The molecule has 1 heterocycles. The Hall–Kier alpha value is -0.340. The van der Waals surface area contributed by atoms with Crippen molar-refractivity contribution in [3.05, 3.63) is 34.3 Å². The van der Waals surface area contributed by atoms with E-state index in [1.165, 1.54) is 22.9 Å². The molecule has 1 aliphatic rings. The van der Waals surface area contributed by atoms with Crippen molar-refractivity contribution in [1.29, 1.82) is 0 Å². The maximum atomic E-state index is 3.63. The molecule has 1 aromatic rings. The smallest absolute Gasteiger partial charge is 0.0210 e. The van der Waals surface area contributed by atoms with Crippen LogP contribution in [0.4, 0.5) is 0 Å². The van der Waals surface area contributed by atoms with Crippen molar-refractivity contribution in [2.45, 2.75) is 31.7 Å². The molecule has 1 N–H and O–H groups in total. The summed E-state index contributed by atoms with van der Waals surface area (Å²) < 4.78 is 1.26. The standard InChI is InChI=1S/C12H16BrN/c1-9-8-10(6-7-14-9)11-4-2-3-5-12(11)13/h2-5,9-10,14H,6-8H2,1H3. The first-order valence-electron chi connectivity index (χ1n) is 5.25. The summed E-state index contributed by atoms with van der Waals surface area (Å²) in [5, 5.41) is 3.49. The maximum Gasteiger partial charge on any atom is 0.0210 e. The Bertz CT molecular complexity index is 311. The van der Waals surface area contributed by atoms with Gasteiger partial charge in [-0.3, -0.25) is 0 Å². The van der Waals surface area contributed by atoms with E-state index in [4.69, 9.17) is 0 Å². The Morgan fingerprint density at radius 3 is 2.86 bits per heavy atom. The van der Waals surface area contributed by atoms with E-state index in [-0.39, 0.29) is 0 Å². The highest BCUT2D eigenvalue weighted by Gasteiger charge is 2.20. The van der Waals surface area contributed by atoms with Crippen LogP contribution in [-0.4, -0.2) is 12.6 Å². The second-order valence-corrected chi connectivity index (χ2v) is 4.95. The van der Waals surface area contributed by atoms with E-state index in [1.54, 1.807) is 0 Å². The average molecular weight is 254 g/mol. The van der Waals surface area contributed by atoms with Gasteiger partial charge in [-0.15, -0.1) is 0 Å². The van der Waals surface area contributed by atoms with Crippen molar-refractivity contribution >= 4 is 15.9 Å².